The molecule has 1 atom stereocenters. The summed E-state index contributed by atoms with van der Waals surface area (Å²) in [6, 6.07) is 10.2. The molecule has 0 aliphatic rings. The molecule has 1 nitrogen and oxygen atoms in total. The standard InChI is InChI=1S/C15H12Br2ClFO/c1-2-20-14-6-3-9(7-12(14)16)15(17)11-8-10(18)4-5-13(11)19/h3-8,15H,2H2,1H3. The van der Waals surface area contributed by atoms with Gasteiger partial charge >= 0.3 is 0 Å². The molecule has 0 saturated heterocycles. The third kappa shape index (κ3) is 3.54. The topological polar surface area (TPSA) is 9.23 Å². The lowest BCUT2D eigenvalue weighted by Crippen LogP contribution is -1.98. The highest BCUT2D eigenvalue weighted by molar-refractivity contribution is 9.10. The number of ether oxygens (including phenoxy) is 1. The Bertz CT molecular complexity index is 619. The second-order valence-electron chi connectivity index (χ2n) is 4.15. The molecule has 0 bridgehead atoms. The lowest BCUT2D eigenvalue weighted by Gasteiger charge is -2.14. The molecule has 2 aromatic rings. The predicted octanol–water partition coefficient (Wildman–Crippen LogP) is 6.12. The van der Waals surface area contributed by atoms with Gasteiger partial charge in [0.15, 0.2) is 0 Å². The fourth-order valence-corrected chi connectivity index (χ4v) is 3.16. The molecule has 20 heavy (non-hydrogen) atoms. The minimum atomic E-state index is -0.290. The van der Waals surface area contributed by atoms with Gasteiger partial charge in [-0.1, -0.05) is 33.6 Å². The van der Waals surface area contributed by atoms with Crippen LogP contribution in [-0.4, -0.2) is 6.61 Å². The van der Waals surface area contributed by atoms with Gasteiger partial charge in [-0.15, -0.1) is 0 Å². The van der Waals surface area contributed by atoms with Crippen molar-refractivity contribution in [2.24, 2.45) is 0 Å². The van der Waals surface area contributed by atoms with Gasteiger partial charge in [-0.2, -0.15) is 0 Å². The third-order valence-corrected chi connectivity index (χ3v) is 4.66. The summed E-state index contributed by atoms with van der Waals surface area (Å²) < 4.78 is 20.2. The number of alkyl halides is 1. The van der Waals surface area contributed by atoms with Gasteiger partial charge in [0.2, 0.25) is 0 Å². The summed E-state index contributed by atoms with van der Waals surface area (Å²) >= 11 is 12.9. The minimum Gasteiger partial charge on any atom is -0.493 e. The molecule has 0 N–H and O–H groups in total. The quantitative estimate of drug-likeness (QED) is 0.539. The molecule has 0 heterocycles. The van der Waals surface area contributed by atoms with Crippen molar-refractivity contribution in [1.29, 1.82) is 0 Å². The van der Waals surface area contributed by atoms with Gasteiger partial charge in [0.05, 0.1) is 15.9 Å². The first-order valence-electron chi connectivity index (χ1n) is 6.04. The first-order valence-corrected chi connectivity index (χ1v) is 8.13. The Kier molecular flexibility index (Phi) is 5.47. The van der Waals surface area contributed by atoms with Crippen molar-refractivity contribution >= 4 is 43.5 Å². The summed E-state index contributed by atoms with van der Waals surface area (Å²) in [7, 11) is 0. The highest BCUT2D eigenvalue weighted by Gasteiger charge is 2.16. The molecule has 0 amide bonds. The number of hydrogen-bond acceptors (Lipinski definition) is 1. The van der Waals surface area contributed by atoms with E-state index in [0.717, 1.165) is 15.8 Å². The molecule has 106 valence electrons. The van der Waals surface area contributed by atoms with Crippen molar-refractivity contribution in [3.8, 4) is 5.75 Å². The summed E-state index contributed by atoms with van der Waals surface area (Å²) in [5.74, 6) is 0.476. The fraction of sp³-hybridized carbons (Fsp3) is 0.200. The van der Waals surface area contributed by atoms with E-state index in [4.69, 9.17) is 16.3 Å². The van der Waals surface area contributed by atoms with Gasteiger partial charge in [-0.3, -0.25) is 0 Å². The molecule has 2 aromatic carbocycles. The fourth-order valence-electron chi connectivity index (χ4n) is 1.84. The average Bonchev–Trinajstić information content (AvgIpc) is 2.43. The van der Waals surface area contributed by atoms with Crippen molar-refractivity contribution < 1.29 is 9.13 Å². The van der Waals surface area contributed by atoms with E-state index in [1.165, 1.54) is 12.1 Å². The molecule has 0 aliphatic heterocycles. The van der Waals surface area contributed by atoms with E-state index in [9.17, 15) is 4.39 Å². The number of halogens is 4. The van der Waals surface area contributed by atoms with Crippen LogP contribution in [0.4, 0.5) is 4.39 Å². The van der Waals surface area contributed by atoms with Crippen LogP contribution in [0.5, 0.6) is 5.75 Å². The summed E-state index contributed by atoms with van der Waals surface area (Å²) in [6.45, 7) is 2.52. The number of hydrogen-bond donors (Lipinski definition) is 0. The van der Waals surface area contributed by atoms with Gasteiger partial charge in [0.25, 0.3) is 0 Å². The zero-order chi connectivity index (χ0) is 14.7. The van der Waals surface area contributed by atoms with Gasteiger partial charge in [-0.05, 0) is 58.7 Å². The number of benzene rings is 2. The monoisotopic (exact) mass is 420 g/mol. The molecule has 5 heteroatoms. The summed E-state index contributed by atoms with van der Waals surface area (Å²) in [4.78, 5) is -0.270. The molecule has 0 saturated carbocycles. The van der Waals surface area contributed by atoms with Gasteiger partial charge < -0.3 is 4.74 Å². The van der Waals surface area contributed by atoms with E-state index < -0.39 is 0 Å². The van der Waals surface area contributed by atoms with Crippen LogP contribution in [0.25, 0.3) is 0 Å². The summed E-state index contributed by atoms with van der Waals surface area (Å²) in [5.41, 5.74) is 1.43. The Labute approximate surface area is 139 Å². The average molecular weight is 423 g/mol. The molecule has 0 aromatic heterocycles. The molecular weight excluding hydrogens is 410 g/mol. The Morgan fingerprint density at radius 3 is 2.65 bits per heavy atom. The maximum absolute atomic E-state index is 13.9. The zero-order valence-electron chi connectivity index (χ0n) is 10.7. The minimum absolute atomic E-state index is 0.270. The van der Waals surface area contributed by atoms with Crippen LogP contribution in [0.1, 0.15) is 22.9 Å². The molecule has 0 fully saturated rings. The van der Waals surface area contributed by atoms with Crippen LogP contribution in [0, 0.1) is 5.82 Å². The van der Waals surface area contributed by atoms with Crippen LogP contribution in [0.3, 0.4) is 0 Å². The van der Waals surface area contributed by atoms with E-state index in [2.05, 4.69) is 31.9 Å². The predicted molar refractivity (Wildman–Crippen MR) is 87.5 cm³/mol. The number of rotatable bonds is 4. The molecule has 0 radical (unpaired) electrons. The van der Waals surface area contributed by atoms with E-state index in [-0.39, 0.29) is 10.6 Å². The lowest BCUT2D eigenvalue weighted by molar-refractivity contribution is 0.338. The van der Waals surface area contributed by atoms with Gasteiger partial charge in [-0.25, -0.2) is 4.39 Å². The van der Waals surface area contributed by atoms with E-state index in [1.807, 2.05) is 25.1 Å². The SMILES string of the molecule is CCOc1ccc(C(Br)c2cc(Cl)ccc2F)cc1Br. The van der Waals surface area contributed by atoms with Gasteiger partial charge in [0, 0.05) is 10.6 Å². The highest BCUT2D eigenvalue weighted by atomic mass is 79.9. The maximum atomic E-state index is 13.9. The van der Waals surface area contributed by atoms with E-state index >= 15 is 0 Å². The molecular formula is C15H12Br2ClFO. The van der Waals surface area contributed by atoms with E-state index in [0.29, 0.717) is 17.2 Å². The second-order valence-corrected chi connectivity index (χ2v) is 6.36. The third-order valence-electron chi connectivity index (χ3n) is 2.78. The first-order chi connectivity index (χ1) is 9.52. The molecule has 1 unspecified atom stereocenters. The Morgan fingerprint density at radius 1 is 1.25 bits per heavy atom. The normalized spacial score (nSPS) is 12.2. The molecule has 2 rings (SSSR count). The Morgan fingerprint density at radius 2 is 2.00 bits per heavy atom. The van der Waals surface area contributed by atoms with Crippen LogP contribution in [-0.2, 0) is 0 Å². The highest BCUT2D eigenvalue weighted by Crippen LogP contribution is 2.37. The Hall–Kier alpha value is -0.580. The van der Waals surface area contributed by atoms with Crippen LogP contribution >= 0.6 is 43.5 Å². The summed E-state index contributed by atoms with van der Waals surface area (Å²) in [6.07, 6.45) is 0. The van der Waals surface area contributed by atoms with Crippen LogP contribution in [0.2, 0.25) is 5.02 Å². The van der Waals surface area contributed by atoms with Crippen molar-refractivity contribution in [1.82, 2.24) is 0 Å². The van der Waals surface area contributed by atoms with Crippen molar-refractivity contribution in [3.05, 3.63) is 62.8 Å². The zero-order valence-corrected chi connectivity index (χ0v) is 14.6. The van der Waals surface area contributed by atoms with Gasteiger partial charge in [0.1, 0.15) is 11.6 Å². The van der Waals surface area contributed by atoms with E-state index in [1.54, 1.807) is 6.07 Å². The second kappa shape index (κ2) is 6.92. The maximum Gasteiger partial charge on any atom is 0.133 e. The first kappa shape index (κ1) is 15.8. The lowest BCUT2D eigenvalue weighted by atomic mass is 10.0. The van der Waals surface area contributed by atoms with Crippen LogP contribution in [0.15, 0.2) is 40.9 Å². The molecule has 0 aliphatic carbocycles. The van der Waals surface area contributed by atoms with Crippen LogP contribution < -0.4 is 4.74 Å². The Balaban J connectivity index is 2.35. The molecule has 0 spiro atoms. The van der Waals surface area contributed by atoms with Crippen molar-refractivity contribution in [2.45, 2.75) is 11.8 Å². The largest absolute Gasteiger partial charge is 0.493 e. The van der Waals surface area contributed by atoms with Crippen molar-refractivity contribution in [2.75, 3.05) is 6.61 Å². The smallest absolute Gasteiger partial charge is 0.133 e. The summed E-state index contributed by atoms with van der Waals surface area (Å²) in [5, 5.41) is 0.510. The van der Waals surface area contributed by atoms with Crippen molar-refractivity contribution in [3.63, 3.8) is 0 Å².